The van der Waals surface area contributed by atoms with E-state index in [1.807, 2.05) is 20.8 Å². The number of phenolic OH excluding ortho intramolecular Hbond substituents is 1. The third kappa shape index (κ3) is 13.8. The predicted molar refractivity (Wildman–Crippen MR) is 237 cm³/mol. The van der Waals surface area contributed by atoms with Crippen molar-refractivity contribution < 1.29 is 62.1 Å². The molecule has 2 aliphatic rings. The maximum atomic E-state index is 12.4. The molecular formula is C48H59FN2O14. The van der Waals surface area contributed by atoms with Crippen LogP contribution in [0.3, 0.4) is 0 Å². The fourth-order valence-electron chi connectivity index (χ4n) is 7.61. The molecule has 0 bridgehead atoms. The Bertz CT molecular complexity index is 2260. The minimum Gasteiger partial charge on any atom is -0.508 e. The first-order valence-electron chi connectivity index (χ1n) is 21.4. The van der Waals surface area contributed by atoms with Gasteiger partial charge in [-0.1, -0.05) is 65.8 Å². The summed E-state index contributed by atoms with van der Waals surface area (Å²) in [6.07, 6.45) is -0.658. The van der Waals surface area contributed by atoms with Crippen LogP contribution in [0.2, 0.25) is 0 Å². The van der Waals surface area contributed by atoms with Crippen LogP contribution in [0.1, 0.15) is 79.4 Å². The first-order chi connectivity index (χ1) is 30.7. The van der Waals surface area contributed by atoms with Crippen LogP contribution in [0.15, 0.2) is 84.9 Å². The fourth-order valence-corrected chi connectivity index (χ4v) is 7.61. The molecule has 65 heavy (non-hydrogen) atoms. The van der Waals surface area contributed by atoms with Gasteiger partial charge in [0.15, 0.2) is 12.2 Å². The van der Waals surface area contributed by atoms with Crippen molar-refractivity contribution in [3.05, 3.63) is 122 Å². The largest absolute Gasteiger partial charge is 0.508 e. The van der Waals surface area contributed by atoms with Crippen LogP contribution in [0.5, 0.6) is 28.7 Å². The van der Waals surface area contributed by atoms with E-state index in [4.69, 9.17) is 33.2 Å². The molecule has 0 aliphatic carbocycles. The number of aryl methyl sites for hydroxylation is 2. The first kappa shape index (κ1) is 51.3. The summed E-state index contributed by atoms with van der Waals surface area (Å²) in [5.74, 6) is 1.09. The zero-order valence-corrected chi connectivity index (χ0v) is 38.3. The van der Waals surface area contributed by atoms with E-state index in [2.05, 4.69) is 34.6 Å². The molecule has 2 saturated heterocycles. The van der Waals surface area contributed by atoms with E-state index in [9.17, 15) is 39.3 Å². The molecule has 4 aromatic carbocycles. The number of hydrogen-bond donors (Lipinski definition) is 1. The van der Waals surface area contributed by atoms with Crippen molar-refractivity contribution >= 4 is 23.3 Å². The Labute approximate surface area is 378 Å². The molecule has 0 saturated carbocycles. The molecule has 17 heteroatoms. The maximum absolute atomic E-state index is 12.4. The van der Waals surface area contributed by atoms with Gasteiger partial charge in [0.05, 0.1) is 22.1 Å². The van der Waals surface area contributed by atoms with E-state index >= 15 is 0 Å². The molecule has 2 aliphatic heterocycles. The van der Waals surface area contributed by atoms with Crippen LogP contribution < -0.4 is 14.2 Å². The van der Waals surface area contributed by atoms with Gasteiger partial charge in [0.2, 0.25) is 24.1 Å². The van der Waals surface area contributed by atoms with Crippen LogP contribution in [-0.4, -0.2) is 63.9 Å². The number of nitrogens with zero attached hydrogens (tertiary/aromatic N) is 2. The Morgan fingerprint density at radius 3 is 1.51 bits per heavy atom. The maximum Gasteiger partial charge on any atom is 0.311 e. The molecule has 0 spiro atoms. The molecule has 4 aromatic rings. The van der Waals surface area contributed by atoms with E-state index in [0.29, 0.717) is 17.2 Å². The van der Waals surface area contributed by atoms with Crippen molar-refractivity contribution in [2.45, 2.75) is 119 Å². The number of phenols is 1. The molecule has 0 aromatic heterocycles. The number of nitro benzene ring substituents is 2. The molecule has 10 atom stereocenters. The second-order valence-corrected chi connectivity index (χ2v) is 16.1. The van der Waals surface area contributed by atoms with Crippen LogP contribution in [0, 0.1) is 63.6 Å². The van der Waals surface area contributed by atoms with Crippen LogP contribution in [0.4, 0.5) is 15.8 Å². The molecule has 0 radical (unpaired) electrons. The quantitative estimate of drug-likeness (QED) is 0.0798. The number of rotatable bonds is 12. The Morgan fingerprint density at radius 1 is 0.646 bits per heavy atom. The van der Waals surface area contributed by atoms with E-state index in [1.54, 1.807) is 54.6 Å². The predicted octanol–water partition coefficient (Wildman–Crippen LogP) is 10.6. The third-order valence-electron chi connectivity index (χ3n) is 11.6. The van der Waals surface area contributed by atoms with E-state index in [-0.39, 0.29) is 65.0 Å². The van der Waals surface area contributed by atoms with Gasteiger partial charge in [-0.25, -0.2) is 0 Å². The van der Waals surface area contributed by atoms with Crippen molar-refractivity contribution in [1.82, 2.24) is 0 Å². The Balaban J connectivity index is 0.000000243. The molecule has 0 amide bonds. The van der Waals surface area contributed by atoms with Gasteiger partial charge in [-0.15, -0.1) is 0 Å². The van der Waals surface area contributed by atoms with Crippen LogP contribution in [0.25, 0.3) is 0 Å². The minimum atomic E-state index is -0.799. The lowest BCUT2D eigenvalue weighted by Gasteiger charge is -2.43. The highest BCUT2D eigenvalue weighted by molar-refractivity contribution is 5.66. The van der Waals surface area contributed by atoms with Crippen molar-refractivity contribution in [2.75, 3.05) is 0 Å². The molecule has 1 N–H and O–H groups in total. The zero-order valence-electron chi connectivity index (χ0n) is 38.3. The van der Waals surface area contributed by atoms with E-state index < -0.39 is 46.1 Å². The average molecular weight is 907 g/mol. The van der Waals surface area contributed by atoms with Crippen molar-refractivity contribution in [3.63, 3.8) is 0 Å². The fraction of sp³-hybridized carbons (Fsp3) is 0.458. The number of esters is 2. The molecule has 2 heterocycles. The Kier molecular flexibility index (Phi) is 18.6. The average Bonchev–Trinajstić information content (AvgIpc) is 3.25. The second kappa shape index (κ2) is 23.6. The summed E-state index contributed by atoms with van der Waals surface area (Å²) in [7, 11) is 0. The molecular weight excluding hydrogens is 848 g/mol. The molecule has 352 valence electrons. The number of benzene rings is 4. The summed E-state index contributed by atoms with van der Waals surface area (Å²) in [6, 6.07) is 21.2. The lowest BCUT2D eigenvalue weighted by molar-refractivity contribution is -0.387. The summed E-state index contributed by atoms with van der Waals surface area (Å²) in [6.45, 7) is 18.9. The summed E-state index contributed by atoms with van der Waals surface area (Å²) >= 11 is 0. The van der Waals surface area contributed by atoms with Gasteiger partial charge in [-0.05, 0) is 98.2 Å². The molecule has 16 nitrogen and oxygen atoms in total. The van der Waals surface area contributed by atoms with Gasteiger partial charge in [0, 0.05) is 37.8 Å². The topological polar surface area (TPSA) is 205 Å². The number of carbonyl (C=O) groups excluding carboxylic acids is 2. The number of aromatic hydroxyl groups is 1. The van der Waals surface area contributed by atoms with Gasteiger partial charge in [0.25, 0.3) is 0 Å². The molecule has 10 unspecified atom stereocenters. The van der Waals surface area contributed by atoms with Crippen LogP contribution in [-0.2, 0) is 28.5 Å². The van der Waals surface area contributed by atoms with Gasteiger partial charge >= 0.3 is 23.3 Å². The van der Waals surface area contributed by atoms with Gasteiger partial charge < -0.3 is 38.3 Å². The van der Waals surface area contributed by atoms with Crippen molar-refractivity contribution in [1.29, 1.82) is 0 Å². The monoisotopic (exact) mass is 906 g/mol. The number of carbonyl (C=O) groups is 2. The third-order valence-corrected chi connectivity index (χ3v) is 11.6. The van der Waals surface area contributed by atoms with Gasteiger partial charge in [-0.3, -0.25) is 29.8 Å². The lowest BCUT2D eigenvalue weighted by Crippen LogP contribution is -2.53. The van der Waals surface area contributed by atoms with Gasteiger partial charge in [0.1, 0.15) is 23.0 Å². The van der Waals surface area contributed by atoms with E-state index in [0.717, 1.165) is 36.1 Å². The number of nitro groups is 2. The number of halogens is 1. The number of hydrogen-bond acceptors (Lipinski definition) is 14. The molecule has 2 fully saturated rings. The van der Waals surface area contributed by atoms with Gasteiger partial charge in [-0.2, -0.15) is 4.39 Å². The van der Waals surface area contributed by atoms with E-state index in [1.165, 1.54) is 32.0 Å². The smallest absolute Gasteiger partial charge is 0.311 e. The minimum absolute atomic E-state index is 0.0108. The van der Waals surface area contributed by atoms with Crippen molar-refractivity contribution in [3.8, 4) is 28.7 Å². The standard InChI is InChI=1S/C24H29NO7.C18H26O5.C6H4FNO2/c1-6-20-15(3)16(4)23(29-17(5)26)24(31-20)32-21-12-11-18(13-14(21)2)30-22-10-8-7-9-19(22)25(27)28;1-6-15-11(3)12(4)17(21-13(5)19)18(22-15)23-16-8-7-14(20)9-10(16)2;7-5-3-1-2-4-6(5)8(9)10/h7-13,15-16,20,23-24H,6H2,1-5H3;7-9,11-12,15,17-18,20H,6H2,1-5H3;1-4H. The van der Waals surface area contributed by atoms with Crippen LogP contribution >= 0.6 is 0 Å². The SMILES string of the molecule is CCC1OC(Oc2ccc(O)cc2C)C(OC(C)=O)C(C)C1C.CCC1OC(Oc2ccc(Oc3ccccc3[N+](=O)[O-])cc2C)C(OC(C)=O)C(C)C1C.O=[N+]([O-])c1ccccc1F. The molecule has 6 rings (SSSR count). The second-order valence-electron chi connectivity index (χ2n) is 16.1. The first-order valence-corrected chi connectivity index (χ1v) is 21.4. The zero-order chi connectivity index (χ0) is 48.1. The Morgan fingerprint density at radius 2 is 1.09 bits per heavy atom. The lowest BCUT2D eigenvalue weighted by atomic mass is 9.82. The highest BCUT2D eigenvalue weighted by atomic mass is 19.1. The summed E-state index contributed by atoms with van der Waals surface area (Å²) in [5, 5.41) is 30.7. The number of para-hydroxylation sites is 3. The summed E-state index contributed by atoms with van der Waals surface area (Å²) < 4.78 is 53.5. The summed E-state index contributed by atoms with van der Waals surface area (Å²) in [4.78, 5) is 43.1. The summed E-state index contributed by atoms with van der Waals surface area (Å²) in [5.41, 5.74) is 0.960. The Hall–Kier alpha value is -6.33. The highest BCUT2D eigenvalue weighted by Gasteiger charge is 2.45. The highest BCUT2D eigenvalue weighted by Crippen LogP contribution is 2.39. The van der Waals surface area contributed by atoms with Crippen molar-refractivity contribution in [2.24, 2.45) is 23.7 Å². The number of ether oxygens (including phenoxy) is 7. The normalized spacial score (nSPS) is 24.7.